The fourth-order valence-corrected chi connectivity index (χ4v) is 9.91. The molecule has 0 fully saturated rings. The highest BCUT2D eigenvalue weighted by Crippen LogP contribution is 2.52. The third-order valence-corrected chi connectivity index (χ3v) is 12.6. The van der Waals surface area contributed by atoms with Crippen LogP contribution < -0.4 is 0 Å². The summed E-state index contributed by atoms with van der Waals surface area (Å²) < 4.78 is 6.27. The van der Waals surface area contributed by atoms with Gasteiger partial charge in [-0.1, -0.05) is 153 Å². The van der Waals surface area contributed by atoms with Crippen LogP contribution in [0.2, 0.25) is 0 Å². The maximum absolute atomic E-state index is 6.27. The molecule has 11 aromatic rings. The van der Waals surface area contributed by atoms with Crippen molar-refractivity contribution in [3.8, 4) is 44.5 Å². The Morgan fingerprint density at radius 3 is 1.59 bits per heavy atom. The number of para-hydroxylation sites is 1. The number of rotatable bonds is 3. The molecule has 56 heavy (non-hydrogen) atoms. The van der Waals surface area contributed by atoms with E-state index in [0.717, 1.165) is 11.2 Å². The largest absolute Gasteiger partial charge is 0.456 e. The van der Waals surface area contributed by atoms with Gasteiger partial charge in [0.25, 0.3) is 0 Å². The van der Waals surface area contributed by atoms with Crippen LogP contribution in [0.1, 0.15) is 25.0 Å². The van der Waals surface area contributed by atoms with E-state index in [2.05, 4.69) is 190 Å². The monoisotopic (exact) mass is 712 g/mol. The molecule has 1 heterocycles. The molecule has 0 radical (unpaired) electrons. The van der Waals surface area contributed by atoms with E-state index in [1.54, 1.807) is 0 Å². The van der Waals surface area contributed by atoms with Crippen LogP contribution in [-0.2, 0) is 5.41 Å². The quantitative estimate of drug-likeness (QED) is 0.166. The van der Waals surface area contributed by atoms with Crippen molar-refractivity contribution in [1.82, 2.24) is 0 Å². The zero-order valence-corrected chi connectivity index (χ0v) is 31.2. The molecule has 262 valence electrons. The molecule has 0 unspecified atom stereocenters. The first-order valence-corrected chi connectivity index (χ1v) is 19.6. The molecular formula is C55H36O. The number of hydrogen-bond acceptors (Lipinski definition) is 1. The van der Waals surface area contributed by atoms with Crippen LogP contribution in [0.3, 0.4) is 0 Å². The van der Waals surface area contributed by atoms with Gasteiger partial charge >= 0.3 is 0 Å². The summed E-state index contributed by atoms with van der Waals surface area (Å²) in [5.74, 6) is 0. The van der Waals surface area contributed by atoms with Crippen LogP contribution in [0.15, 0.2) is 186 Å². The molecule has 0 amide bonds. The Bertz CT molecular complexity index is 3380. The second-order valence-corrected chi connectivity index (χ2v) is 16.0. The summed E-state index contributed by atoms with van der Waals surface area (Å²) in [4.78, 5) is 0. The van der Waals surface area contributed by atoms with Gasteiger partial charge in [0.2, 0.25) is 0 Å². The Kier molecular flexibility index (Phi) is 6.46. The normalized spacial score (nSPS) is 13.3. The second-order valence-electron chi connectivity index (χ2n) is 16.0. The zero-order chi connectivity index (χ0) is 37.1. The third kappa shape index (κ3) is 4.43. The van der Waals surface area contributed by atoms with Crippen LogP contribution >= 0.6 is 0 Å². The molecule has 1 heteroatoms. The molecule has 1 aliphatic carbocycles. The van der Waals surface area contributed by atoms with Crippen LogP contribution in [0.25, 0.3) is 110 Å². The van der Waals surface area contributed by atoms with Crippen molar-refractivity contribution < 1.29 is 4.42 Å². The Balaban J connectivity index is 0.974. The lowest BCUT2D eigenvalue weighted by molar-refractivity contribution is 0.661. The first kappa shape index (κ1) is 31.4. The van der Waals surface area contributed by atoms with Crippen LogP contribution in [-0.4, -0.2) is 0 Å². The van der Waals surface area contributed by atoms with Gasteiger partial charge in [0.1, 0.15) is 11.2 Å². The molecule has 1 nitrogen and oxygen atoms in total. The minimum Gasteiger partial charge on any atom is -0.456 e. The third-order valence-electron chi connectivity index (χ3n) is 12.6. The molecular weight excluding hydrogens is 677 g/mol. The van der Waals surface area contributed by atoms with Gasteiger partial charge in [-0.25, -0.2) is 0 Å². The fourth-order valence-electron chi connectivity index (χ4n) is 9.91. The minimum absolute atomic E-state index is 0.119. The van der Waals surface area contributed by atoms with E-state index in [9.17, 15) is 0 Å². The second kappa shape index (κ2) is 11.5. The summed E-state index contributed by atoms with van der Waals surface area (Å²) in [6, 6.07) is 67.2. The van der Waals surface area contributed by atoms with Gasteiger partial charge in [0.15, 0.2) is 0 Å². The molecule has 0 aliphatic heterocycles. The van der Waals surface area contributed by atoms with Gasteiger partial charge in [-0.05, 0) is 141 Å². The predicted octanol–water partition coefficient (Wildman–Crippen LogP) is 15.5. The van der Waals surface area contributed by atoms with Crippen LogP contribution in [0, 0.1) is 0 Å². The van der Waals surface area contributed by atoms with Gasteiger partial charge in [-0.3, -0.25) is 0 Å². The van der Waals surface area contributed by atoms with Gasteiger partial charge in [-0.2, -0.15) is 0 Å². The van der Waals surface area contributed by atoms with Crippen LogP contribution in [0.4, 0.5) is 0 Å². The average Bonchev–Trinajstić information content (AvgIpc) is 3.73. The van der Waals surface area contributed by atoms with Crippen molar-refractivity contribution in [2.24, 2.45) is 0 Å². The zero-order valence-electron chi connectivity index (χ0n) is 31.2. The first-order chi connectivity index (χ1) is 27.5. The highest BCUT2D eigenvalue weighted by atomic mass is 16.3. The summed E-state index contributed by atoms with van der Waals surface area (Å²) in [7, 11) is 0. The average molecular weight is 713 g/mol. The Labute approximate surface area is 325 Å². The lowest BCUT2D eigenvalue weighted by Crippen LogP contribution is -2.14. The molecule has 0 bridgehead atoms. The van der Waals surface area contributed by atoms with Crippen molar-refractivity contribution in [3.05, 3.63) is 193 Å². The van der Waals surface area contributed by atoms with E-state index in [1.165, 1.54) is 109 Å². The maximum atomic E-state index is 6.27. The number of furan rings is 1. The summed E-state index contributed by atoms with van der Waals surface area (Å²) in [5, 5.41) is 12.5. The maximum Gasteiger partial charge on any atom is 0.136 e. The van der Waals surface area contributed by atoms with Gasteiger partial charge < -0.3 is 4.42 Å². The molecule has 1 aliphatic rings. The van der Waals surface area contributed by atoms with Crippen LogP contribution in [0.5, 0.6) is 0 Å². The number of benzene rings is 10. The molecule has 0 N–H and O–H groups in total. The van der Waals surface area contributed by atoms with Crippen molar-refractivity contribution in [2.75, 3.05) is 0 Å². The first-order valence-electron chi connectivity index (χ1n) is 19.6. The number of hydrogen-bond donors (Lipinski definition) is 0. The van der Waals surface area contributed by atoms with E-state index in [0.29, 0.717) is 0 Å². The molecule has 10 aromatic carbocycles. The highest BCUT2D eigenvalue weighted by Gasteiger charge is 2.36. The van der Waals surface area contributed by atoms with Gasteiger partial charge in [0.05, 0.1) is 0 Å². The SMILES string of the molecule is CC1(C)c2ccc(-c3ccc4cc(-c5c6ccccc6c(-c6ccccc6)c6ccccc56)ccc4c3)cc2-c2cc3ccc4oc5ccccc5c4c3cc21. The molecule has 1 aromatic heterocycles. The van der Waals surface area contributed by atoms with E-state index in [1.807, 2.05) is 6.07 Å². The lowest BCUT2D eigenvalue weighted by Gasteiger charge is -2.22. The van der Waals surface area contributed by atoms with E-state index < -0.39 is 0 Å². The van der Waals surface area contributed by atoms with Crippen molar-refractivity contribution >= 4 is 65.0 Å². The van der Waals surface area contributed by atoms with E-state index in [-0.39, 0.29) is 5.41 Å². The fraction of sp³-hybridized carbons (Fsp3) is 0.0545. The molecule has 0 spiro atoms. The topological polar surface area (TPSA) is 13.1 Å². The van der Waals surface area contributed by atoms with E-state index in [4.69, 9.17) is 4.42 Å². The van der Waals surface area contributed by atoms with Gasteiger partial charge in [-0.15, -0.1) is 0 Å². The van der Waals surface area contributed by atoms with Crippen molar-refractivity contribution in [1.29, 1.82) is 0 Å². The minimum atomic E-state index is -0.119. The summed E-state index contributed by atoms with van der Waals surface area (Å²) in [6.45, 7) is 4.73. The molecule has 12 rings (SSSR count). The van der Waals surface area contributed by atoms with Crippen molar-refractivity contribution in [3.63, 3.8) is 0 Å². The lowest BCUT2D eigenvalue weighted by atomic mass is 9.81. The Hall–Kier alpha value is -6.96. The summed E-state index contributed by atoms with van der Waals surface area (Å²) in [5.41, 5.74) is 14.7. The molecule has 0 atom stereocenters. The van der Waals surface area contributed by atoms with Crippen molar-refractivity contribution in [2.45, 2.75) is 19.3 Å². The Morgan fingerprint density at radius 2 is 0.875 bits per heavy atom. The predicted molar refractivity (Wildman–Crippen MR) is 238 cm³/mol. The Morgan fingerprint density at radius 1 is 0.339 bits per heavy atom. The molecule has 0 saturated carbocycles. The summed E-state index contributed by atoms with van der Waals surface area (Å²) >= 11 is 0. The number of fused-ring (bicyclic) bond motifs is 11. The molecule has 0 saturated heterocycles. The summed E-state index contributed by atoms with van der Waals surface area (Å²) in [6.07, 6.45) is 0. The smallest absolute Gasteiger partial charge is 0.136 e. The highest BCUT2D eigenvalue weighted by molar-refractivity contribution is 6.22. The standard InChI is InChI=1S/C55H36O/c1-55(2)48-26-24-37(30-46(48)47-31-38-25-27-51-54(45(38)32-49(47)55)44-18-10-11-19-50(44)56-51)35-20-21-36-29-39(23-22-34(36)28-35)53-42-16-8-6-14-40(42)52(33-12-4-3-5-13-33)41-15-7-9-17-43(41)53/h3-32H,1-2H3. The van der Waals surface area contributed by atoms with E-state index >= 15 is 0 Å². The van der Waals surface area contributed by atoms with Gasteiger partial charge in [0, 0.05) is 16.2 Å².